The Labute approximate surface area is 149 Å². The van der Waals surface area contributed by atoms with E-state index in [1.165, 1.54) is 23.5 Å². The van der Waals surface area contributed by atoms with Gasteiger partial charge in [-0.05, 0) is 55.8 Å². The highest BCUT2D eigenvalue weighted by Crippen LogP contribution is 2.25. The molecule has 1 aromatic heterocycles. The predicted molar refractivity (Wildman–Crippen MR) is 98.5 cm³/mol. The van der Waals surface area contributed by atoms with E-state index in [-0.39, 0.29) is 4.90 Å². The first kappa shape index (κ1) is 17.4. The molecule has 130 valence electrons. The lowest BCUT2D eigenvalue weighted by atomic mass is 10.2. The molecule has 3 rings (SSSR count). The zero-order valence-electron chi connectivity index (χ0n) is 13.6. The summed E-state index contributed by atoms with van der Waals surface area (Å²) >= 11 is 1.47. The highest BCUT2D eigenvalue weighted by atomic mass is 32.2. The van der Waals surface area contributed by atoms with Gasteiger partial charge in [-0.3, -0.25) is 4.72 Å². The van der Waals surface area contributed by atoms with Gasteiger partial charge >= 0.3 is 0 Å². The molecule has 5 nitrogen and oxygen atoms in total. The maximum Gasteiger partial charge on any atom is 0.262 e. The second-order valence-corrected chi connectivity index (χ2v) is 8.02. The van der Waals surface area contributed by atoms with Gasteiger partial charge in [-0.25, -0.2) is 17.8 Å². The Morgan fingerprint density at radius 2 is 1.84 bits per heavy atom. The molecule has 0 atom stereocenters. The zero-order chi connectivity index (χ0) is 18.0. The number of benzene rings is 2. The first-order valence-corrected chi connectivity index (χ1v) is 9.78. The highest BCUT2D eigenvalue weighted by Gasteiger charge is 2.17. The molecule has 0 spiro atoms. The van der Waals surface area contributed by atoms with Crippen LogP contribution in [0.1, 0.15) is 11.3 Å². The maximum absolute atomic E-state index is 13.2. The summed E-state index contributed by atoms with van der Waals surface area (Å²) in [7, 11) is -3.80. The van der Waals surface area contributed by atoms with Crippen LogP contribution < -0.4 is 10.0 Å². The number of thiazole rings is 1. The molecule has 3 aromatic rings. The van der Waals surface area contributed by atoms with Crippen LogP contribution in [0.2, 0.25) is 0 Å². The number of aromatic nitrogens is 1. The van der Waals surface area contributed by atoms with Crippen LogP contribution in [0.25, 0.3) is 0 Å². The van der Waals surface area contributed by atoms with Crippen molar-refractivity contribution in [1.82, 2.24) is 4.98 Å². The summed E-state index contributed by atoms with van der Waals surface area (Å²) in [6.07, 6.45) is 0. The first-order chi connectivity index (χ1) is 11.8. The first-order valence-electron chi connectivity index (χ1n) is 7.42. The third kappa shape index (κ3) is 4.15. The number of sulfonamides is 1. The Kier molecular flexibility index (Phi) is 4.73. The van der Waals surface area contributed by atoms with E-state index in [1.807, 2.05) is 18.4 Å². The van der Waals surface area contributed by atoms with Gasteiger partial charge < -0.3 is 5.32 Å². The third-order valence-corrected chi connectivity index (χ3v) is 5.83. The van der Waals surface area contributed by atoms with Crippen LogP contribution in [0.4, 0.5) is 20.9 Å². The number of hydrogen-bond acceptors (Lipinski definition) is 5. The van der Waals surface area contributed by atoms with Crippen molar-refractivity contribution in [2.45, 2.75) is 18.7 Å². The van der Waals surface area contributed by atoms with E-state index in [9.17, 15) is 12.8 Å². The minimum Gasteiger partial charge on any atom is -0.331 e. The van der Waals surface area contributed by atoms with Gasteiger partial charge in [0, 0.05) is 11.1 Å². The molecule has 0 bridgehead atoms. The average Bonchev–Trinajstić information content (AvgIpc) is 2.91. The maximum atomic E-state index is 13.2. The topological polar surface area (TPSA) is 71.1 Å². The lowest BCUT2D eigenvalue weighted by molar-refractivity contribution is 0.598. The van der Waals surface area contributed by atoms with Crippen molar-refractivity contribution in [3.8, 4) is 0 Å². The number of nitrogens with one attached hydrogen (secondary N) is 2. The number of nitrogens with zero attached hydrogens (tertiary/aromatic N) is 1. The van der Waals surface area contributed by atoms with Crippen LogP contribution >= 0.6 is 11.3 Å². The molecule has 0 fully saturated rings. The Morgan fingerprint density at radius 1 is 1.08 bits per heavy atom. The summed E-state index contributed by atoms with van der Waals surface area (Å²) < 4.78 is 40.8. The van der Waals surface area contributed by atoms with Crippen LogP contribution in [0, 0.1) is 19.7 Å². The fourth-order valence-electron chi connectivity index (χ4n) is 2.32. The van der Waals surface area contributed by atoms with Crippen LogP contribution in [-0.2, 0) is 10.0 Å². The minimum absolute atomic E-state index is 0.0443. The zero-order valence-corrected chi connectivity index (χ0v) is 15.2. The second-order valence-electron chi connectivity index (χ2n) is 5.52. The number of anilines is 3. The molecule has 2 aromatic carbocycles. The van der Waals surface area contributed by atoms with E-state index >= 15 is 0 Å². The second kappa shape index (κ2) is 6.81. The highest BCUT2D eigenvalue weighted by molar-refractivity contribution is 7.92. The van der Waals surface area contributed by atoms with E-state index in [1.54, 1.807) is 25.1 Å². The summed E-state index contributed by atoms with van der Waals surface area (Å²) in [4.78, 5) is 4.36. The van der Waals surface area contributed by atoms with Gasteiger partial charge in [0.15, 0.2) is 5.13 Å². The van der Waals surface area contributed by atoms with Crippen molar-refractivity contribution in [3.05, 3.63) is 64.9 Å². The van der Waals surface area contributed by atoms with Gasteiger partial charge in [0.1, 0.15) is 5.82 Å². The van der Waals surface area contributed by atoms with Crippen molar-refractivity contribution in [2.75, 3.05) is 10.0 Å². The number of hydrogen-bond donors (Lipinski definition) is 2. The van der Waals surface area contributed by atoms with Crippen molar-refractivity contribution in [1.29, 1.82) is 0 Å². The van der Waals surface area contributed by atoms with E-state index in [2.05, 4.69) is 15.0 Å². The molecular weight excluding hydrogens is 361 g/mol. The molecule has 2 N–H and O–H groups in total. The summed E-state index contributed by atoms with van der Waals surface area (Å²) in [5, 5.41) is 5.78. The summed E-state index contributed by atoms with van der Waals surface area (Å²) in [6, 6.07) is 10.5. The molecule has 0 unspecified atom stereocenters. The quantitative estimate of drug-likeness (QED) is 0.689. The lowest BCUT2D eigenvalue weighted by Crippen LogP contribution is -2.14. The van der Waals surface area contributed by atoms with Gasteiger partial charge in [-0.15, -0.1) is 11.3 Å². The van der Waals surface area contributed by atoms with E-state index in [4.69, 9.17) is 0 Å². The standard InChI is InChI=1S/C17H16FN3O2S2/c1-11-8-13(18)6-7-16(11)25(22,23)21-15-5-3-4-14(9-15)20-17-19-12(2)10-24-17/h3-10,21H,1-2H3,(H,19,20). The van der Waals surface area contributed by atoms with Crippen molar-refractivity contribution >= 4 is 37.9 Å². The molecule has 0 saturated carbocycles. The van der Waals surface area contributed by atoms with Gasteiger partial charge in [-0.1, -0.05) is 6.07 Å². The molecule has 0 aliphatic rings. The van der Waals surface area contributed by atoms with E-state index in [0.29, 0.717) is 16.9 Å². The molecular formula is C17H16FN3O2S2. The van der Waals surface area contributed by atoms with E-state index in [0.717, 1.165) is 16.9 Å². The normalized spacial score (nSPS) is 11.3. The van der Waals surface area contributed by atoms with Crippen LogP contribution in [-0.4, -0.2) is 13.4 Å². The summed E-state index contributed by atoms with van der Waals surface area (Å²) in [6.45, 7) is 3.46. The largest absolute Gasteiger partial charge is 0.331 e. The van der Waals surface area contributed by atoms with Crippen LogP contribution in [0.5, 0.6) is 0 Å². The Balaban J connectivity index is 1.83. The van der Waals surface area contributed by atoms with Crippen molar-refractivity contribution in [3.63, 3.8) is 0 Å². The molecule has 0 aliphatic heterocycles. The van der Waals surface area contributed by atoms with Gasteiger partial charge in [0.25, 0.3) is 10.0 Å². The summed E-state index contributed by atoms with van der Waals surface area (Å²) in [5.74, 6) is -0.471. The Bertz CT molecular complexity index is 1020. The van der Waals surface area contributed by atoms with Crippen molar-refractivity contribution in [2.24, 2.45) is 0 Å². The van der Waals surface area contributed by atoms with Gasteiger partial charge in [0.2, 0.25) is 0 Å². The predicted octanol–water partition coefficient (Wildman–Crippen LogP) is 4.44. The molecule has 0 aliphatic carbocycles. The molecule has 8 heteroatoms. The van der Waals surface area contributed by atoms with Crippen LogP contribution in [0.15, 0.2) is 52.7 Å². The van der Waals surface area contributed by atoms with Gasteiger partial charge in [0.05, 0.1) is 16.3 Å². The Hall–Kier alpha value is -2.45. The lowest BCUT2D eigenvalue weighted by Gasteiger charge is -2.11. The molecule has 0 saturated heterocycles. The molecule has 0 radical (unpaired) electrons. The monoisotopic (exact) mass is 377 g/mol. The number of halogens is 1. The van der Waals surface area contributed by atoms with Crippen molar-refractivity contribution < 1.29 is 12.8 Å². The third-order valence-electron chi connectivity index (χ3n) is 3.41. The summed E-state index contributed by atoms with van der Waals surface area (Å²) in [5.41, 5.74) is 2.38. The smallest absolute Gasteiger partial charge is 0.262 e. The SMILES string of the molecule is Cc1csc(Nc2cccc(NS(=O)(=O)c3ccc(F)cc3C)c2)n1. The Morgan fingerprint density at radius 3 is 2.52 bits per heavy atom. The molecule has 0 amide bonds. The number of aryl methyl sites for hydroxylation is 2. The van der Waals surface area contributed by atoms with Gasteiger partial charge in [-0.2, -0.15) is 0 Å². The molecule has 1 heterocycles. The average molecular weight is 377 g/mol. The van der Waals surface area contributed by atoms with Crippen LogP contribution in [0.3, 0.4) is 0 Å². The fraction of sp³-hybridized carbons (Fsp3) is 0.118. The molecule has 25 heavy (non-hydrogen) atoms. The van der Waals surface area contributed by atoms with E-state index < -0.39 is 15.8 Å². The fourth-order valence-corrected chi connectivity index (χ4v) is 4.31. The minimum atomic E-state index is -3.80. The number of rotatable bonds is 5.